The summed E-state index contributed by atoms with van der Waals surface area (Å²) in [6.45, 7) is 2.09. The van der Waals surface area contributed by atoms with Crippen LogP contribution in [0.1, 0.15) is 9.75 Å². The second-order valence-corrected chi connectivity index (χ2v) is 8.54. The summed E-state index contributed by atoms with van der Waals surface area (Å²) in [4.78, 5) is 7.03. The molecule has 2 heterocycles. The maximum atomic E-state index is 5.25. The Balaban J connectivity index is 1.61. The minimum atomic E-state index is 0.530. The highest BCUT2D eigenvalue weighted by Crippen LogP contribution is 2.35. The van der Waals surface area contributed by atoms with Gasteiger partial charge in [0.25, 0.3) is 0 Å². The Morgan fingerprint density at radius 3 is 2.33 bits per heavy atom. The third-order valence-corrected chi connectivity index (χ3v) is 6.77. The molecule has 0 aliphatic heterocycles. The molecule has 0 bridgehead atoms. The van der Waals surface area contributed by atoms with Crippen LogP contribution < -0.4 is 0 Å². The number of hydrogen-bond donors (Lipinski definition) is 0. The second kappa shape index (κ2) is 7.72. The van der Waals surface area contributed by atoms with E-state index in [-0.39, 0.29) is 0 Å². The maximum Gasteiger partial charge on any atom is 0.201 e. The van der Waals surface area contributed by atoms with Crippen molar-refractivity contribution in [2.24, 2.45) is 0 Å². The van der Waals surface area contributed by atoms with Crippen LogP contribution in [0.5, 0.6) is 0 Å². The van der Waals surface area contributed by atoms with E-state index in [1.54, 1.807) is 29.8 Å². The molecule has 0 saturated carbocycles. The van der Waals surface area contributed by atoms with E-state index >= 15 is 0 Å². The molecule has 4 aromatic rings. The van der Waals surface area contributed by atoms with E-state index in [4.69, 9.17) is 21.9 Å². The molecule has 4 rings (SSSR count). The number of rotatable bonds is 4. The van der Waals surface area contributed by atoms with Gasteiger partial charge in [-0.25, -0.2) is 4.98 Å². The van der Waals surface area contributed by atoms with Crippen molar-refractivity contribution in [2.75, 3.05) is 7.11 Å². The number of hydrogen-bond acceptors (Lipinski definition) is 5. The lowest BCUT2D eigenvalue weighted by molar-refractivity contribution is 0.417. The van der Waals surface area contributed by atoms with Crippen molar-refractivity contribution in [3.05, 3.63) is 75.8 Å². The van der Waals surface area contributed by atoms with Gasteiger partial charge in [0.05, 0.1) is 17.7 Å². The summed E-state index contributed by atoms with van der Waals surface area (Å²) < 4.78 is 5.19. The molecule has 2 aromatic heterocycles. The number of methoxy groups -OCH3 is 1. The van der Waals surface area contributed by atoms with Crippen molar-refractivity contribution in [2.45, 2.75) is 6.92 Å². The number of ether oxygens (including phenoxy) is 1. The van der Waals surface area contributed by atoms with Gasteiger partial charge < -0.3 is 4.74 Å². The van der Waals surface area contributed by atoms with Crippen LogP contribution in [0.25, 0.3) is 33.0 Å². The zero-order chi connectivity index (χ0) is 18.8. The Morgan fingerprint density at radius 1 is 0.963 bits per heavy atom. The van der Waals surface area contributed by atoms with E-state index in [2.05, 4.69) is 66.9 Å². The lowest BCUT2D eigenvalue weighted by atomic mass is 10.0. The molecule has 0 fully saturated rings. The molecular formula is C22H17NOS3. The number of nitrogens with zero attached hydrogens (tertiary/aromatic N) is 1. The van der Waals surface area contributed by atoms with Crippen molar-refractivity contribution in [3.63, 3.8) is 0 Å². The van der Waals surface area contributed by atoms with Crippen LogP contribution in [-0.2, 0) is 4.74 Å². The zero-order valence-corrected chi connectivity index (χ0v) is 17.4. The highest BCUT2D eigenvalue weighted by atomic mass is 32.1. The Hall–Kier alpha value is -2.34. The van der Waals surface area contributed by atoms with Crippen molar-refractivity contribution in [1.29, 1.82) is 0 Å². The van der Waals surface area contributed by atoms with E-state index in [1.165, 1.54) is 16.0 Å². The molecule has 0 atom stereocenters. The van der Waals surface area contributed by atoms with Gasteiger partial charge in [0.2, 0.25) is 5.05 Å². The van der Waals surface area contributed by atoms with E-state index in [0.29, 0.717) is 5.05 Å². The van der Waals surface area contributed by atoms with Gasteiger partial charge in [-0.3, -0.25) is 0 Å². The van der Waals surface area contributed by atoms with E-state index in [1.807, 2.05) is 6.07 Å². The number of aryl methyl sites for hydroxylation is 1. The van der Waals surface area contributed by atoms with Crippen LogP contribution in [0, 0.1) is 6.92 Å². The van der Waals surface area contributed by atoms with Gasteiger partial charge in [0, 0.05) is 21.4 Å². The Labute approximate surface area is 172 Å². The molecular weight excluding hydrogens is 390 g/mol. The molecule has 0 amide bonds. The first kappa shape index (κ1) is 18.0. The van der Waals surface area contributed by atoms with Gasteiger partial charge in [-0.05, 0) is 36.3 Å². The quantitative estimate of drug-likeness (QED) is 0.346. The van der Waals surface area contributed by atoms with Gasteiger partial charge in [-0.1, -0.05) is 54.6 Å². The fraction of sp³-hybridized carbons (Fsp3) is 0.0909. The van der Waals surface area contributed by atoms with E-state index in [0.717, 1.165) is 26.7 Å². The molecule has 0 unspecified atom stereocenters. The standard InChI is InChI=1S/C22H17NOS3/c1-14-18(12-20(27-14)22(25)24-2)21-23-19(13-26-21)17-10-8-16(9-11-17)15-6-4-3-5-7-15/h3-13H,1-2H3. The first-order valence-electron chi connectivity index (χ1n) is 8.46. The largest absolute Gasteiger partial charge is 0.486 e. The molecule has 27 heavy (non-hydrogen) atoms. The Kier molecular flexibility index (Phi) is 5.16. The topological polar surface area (TPSA) is 22.1 Å². The number of thiazole rings is 1. The molecule has 0 N–H and O–H groups in total. The minimum absolute atomic E-state index is 0.530. The predicted octanol–water partition coefficient (Wildman–Crippen LogP) is 6.84. The van der Waals surface area contributed by atoms with Crippen LogP contribution in [-0.4, -0.2) is 17.1 Å². The first-order chi connectivity index (χ1) is 13.2. The second-order valence-electron chi connectivity index (χ2n) is 6.05. The molecule has 0 spiro atoms. The molecule has 134 valence electrons. The molecule has 0 radical (unpaired) electrons. The minimum Gasteiger partial charge on any atom is -0.486 e. The lowest BCUT2D eigenvalue weighted by Gasteiger charge is -2.02. The maximum absolute atomic E-state index is 5.25. The van der Waals surface area contributed by atoms with Crippen molar-refractivity contribution in [3.8, 4) is 33.0 Å². The third-order valence-electron chi connectivity index (χ3n) is 4.33. The van der Waals surface area contributed by atoms with Gasteiger partial charge >= 0.3 is 0 Å². The van der Waals surface area contributed by atoms with Gasteiger partial charge in [-0.15, -0.1) is 22.7 Å². The number of thiocarbonyl (C=S) groups is 1. The lowest BCUT2D eigenvalue weighted by Crippen LogP contribution is -1.94. The van der Waals surface area contributed by atoms with E-state index in [9.17, 15) is 0 Å². The molecule has 2 nitrogen and oxygen atoms in total. The summed E-state index contributed by atoms with van der Waals surface area (Å²) >= 11 is 8.55. The summed E-state index contributed by atoms with van der Waals surface area (Å²) in [5.41, 5.74) is 5.68. The van der Waals surface area contributed by atoms with Gasteiger partial charge in [0.15, 0.2) is 0 Å². The Morgan fingerprint density at radius 2 is 1.63 bits per heavy atom. The van der Waals surface area contributed by atoms with E-state index < -0.39 is 0 Å². The van der Waals surface area contributed by atoms with Crippen LogP contribution in [0.15, 0.2) is 66.0 Å². The highest BCUT2D eigenvalue weighted by Gasteiger charge is 2.15. The SMILES string of the molecule is COC(=S)c1cc(-c2nc(-c3ccc(-c4ccccc4)cc3)cs2)c(C)s1. The van der Waals surface area contributed by atoms with Crippen molar-refractivity contribution in [1.82, 2.24) is 4.98 Å². The zero-order valence-electron chi connectivity index (χ0n) is 14.9. The fourth-order valence-corrected chi connectivity index (χ4v) is 4.98. The monoisotopic (exact) mass is 407 g/mol. The molecule has 0 saturated heterocycles. The summed E-state index contributed by atoms with van der Waals surface area (Å²) in [6, 6.07) is 21.0. The first-order valence-corrected chi connectivity index (χ1v) is 10.6. The smallest absolute Gasteiger partial charge is 0.201 e. The van der Waals surface area contributed by atoms with Gasteiger partial charge in [0.1, 0.15) is 5.01 Å². The summed E-state index contributed by atoms with van der Waals surface area (Å²) in [7, 11) is 1.61. The fourth-order valence-electron chi connectivity index (χ4n) is 2.89. The molecule has 2 aromatic carbocycles. The average Bonchev–Trinajstić information content (AvgIpc) is 3.35. The van der Waals surface area contributed by atoms with Crippen LogP contribution in [0.3, 0.4) is 0 Å². The molecule has 5 heteroatoms. The van der Waals surface area contributed by atoms with Gasteiger partial charge in [-0.2, -0.15) is 0 Å². The number of benzene rings is 2. The summed E-state index contributed by atoms with van der Waals surface area (Å²) in [5.74, 6) is 0. The normalized spacial score (nSPS) is 10.7. The Bertz CT molecular complexity index is 1080. The van der Waals surface area contributed by atoms with Crippen molar-refractivity contribution >= 4 is 39.9 Å². The highest BCUT2D eigenvalue weighted by molar-refractivity contribution is 7.80. The van der Waals surface area contributed by atoms with Crippen LogP contribution >= 0.6 is 34.9 Å². The average molecular weight is 408 g/mol. The summed E-state index contributed by atoms with van der Waals surface area (Å²) in [6.07, 6.45) is 0. The molecule has 0 aliphatic carbocycles. The third kappa shape index (κ3) is 3.72. The summed E-state index contributed by atoms with van der Waals surface area (Å²) in [5, 5.41) is 3.65. The number of thiophene rings is 1. The van der Waals surface area contributed by atoms with Crippen LogP contribution in [0.4, 0.5) is 0 Å². The van der Waals surface area contributed by atoms with Crippen LogP contribution in [0.2, 0.25) is 0 Å². The molecule has 0 aliphatic rings. The number of aromatic nitrogens is 1. The van der Waals surface area contributed by atoms with Crippen molar-refractivity contribution < 1.29 is 4.74 Å². The predicted molar refractivity (Wildman–Crippen MR) is 120 cm³/mol.